The lowest BCUT2D eigenvalue weighted by molar-refractivity contribution is 0.0684. The number of halogens is 1. The van der Waals surface area contributed by atoms with E-state index >= 15 is 0 Å². The van der Waals surface area contributed by atoms with Crippen LogP contribution in [0.3, 0.4) is 0 Å². The average Bonchev–Trinajstić information content (AvgIpc) is 4.24. The van der Waals surface area contributed by atoms with Crippen LogP contribution < -0.4 is 0 Å². The van der Waals surface area contributed by atoms with Crippen molar-refractivity contribution in [3.05, 3.63) is 206 Å². The smallest absolute Gasteiger partial charge is 0.337 e. The van der Waals surface area contributed by atoms with Crippen LogP contribution >= 0.6 is 15.9 Å². The highest BCUT2D eigenvalue weighted by molar-refractivity contribution is 9.10. The zero-order valence-corrected chi connectivity index (χ0v) is 37.2. The number of pyridine rings is 2. The summed E-state index contributed by atoms with van der Waals surface area (Å²) in [7, 11) is 1.69. The fraction of sp³-hybridized carbons (Fsp3) is 0.222. The van der Waals surface area contributed by atoms with Crippen LogP contribution in [-0.2, 0) is 30.7 Å². The van der Waals surface area contributed by atoms with Crippen LogP contribution in [0.5, 0.6) is 0 Å². The number of aromatic nitrogens is 4. The van der Waals surface area contributed by atoms with Crippen molar-refractivity contribution in [2.24, 2.45) is 0 Å². The van der Waals surface area contributed by atoms with Crippen LogP contribution in [0.2, 0.25) is 0 Å². The van der Waals surface area contributed by atoms with Crippen molar-refractivity contribution >= 4 is 55.8 Å². The Morgan fingerprint density at radius 3 is 1.66 bits per heavy atom. The maximum atomic E-state index is 11.8. The second-order valence-corrected chi connectivity index (χ2v) is 17.9. The predicted octanol–water partition coefficient (Wildman–Crippen LogP) is 11.9. The molecule has 64 heavy (non-hydrogen) atoms. The Labute approximate surface area is 380 Å². The fourth-order valence-electron chi connectivity index (χ4n) is 8.44. The summed E-state index contributed by atoms with van der Waals surface area (Å²) in [4.78, 5) is 32.7. The first kappa shape index (κ1) is 42.7. The van der Waals surface area contributed by atoms with Crippen molar-refractivity contribution in [3.63, 3.8) is 0 Å². The van der Waals surface area contributed by atoms with E-state index in [1.807, 2.05) is 42.7 Å². The number of aromatic carboxylic acids is 2. The topological polar surface area (TPSA) is 119 Å². The summed E-state index contributed by atoms with van der Waals surface area (Å²) in [5.74, 6) is -0.832. The quantitative estimate of drug-likeness (QED) is 0.105. The minimum Gasteiger partial charge on any atom is -0.478 e. The van der Waals surface area contributed by atoms with E-state index < -0.39 is 11.9 Å². The highest BCUT2D eigenvalue weighted by atomic mass is 79.9. The van der Waals surface area contributed by atoms with E-state index in [0.29, 0.717) is 53.8 Å². The van der Waals surface area contributed by atoms with Gasteiger partial charge in [0, 0.05) is 73.3 Å². The maximum Gasteiger partial charge on any atom is 0.337 e. The molecule has 2 saturated carbocycles. The van der Waals surface area contributed by atoms with E-state index in [9.17, 15) is 19.8 Å². The molecule has 0 aliphatic heterocycles. The van der Waals surface area contributed by atoms with Gasteiger partial charge in [-0.15, -0.1) is 0 Å². The van der Waals surface area contributed by atoms with Crippen molar-refractivity contribution in [2.45, 2.75) is 63.5 Å². The van der Waals surface area contributed by atoms with Gasteiger partial charge in [-0.2, -0.15) is 0 Å². The highest BCUT2D eigenvalue weighted by Crippen LogP contribution is 2.41. The van der Waals surface area contributed by atoms with Gasteiger partial charge in [0.15, 0.2) is 0 Å². The molecule has 2 aliphatic carbocycles. The number of carboxylic acid groups (broad SMARTS) is 2. The molecule has 0 unspecified atom stereocenters. The third-order valence-corrected chi connectivity index (χ3v) is 12.6. The second kappa shape index (κ2) is 19.0. The summed E-state index contributed by atoms with van der Waals surface area (Å²) in [5, 5.41) is 21.7. The number of carboxylic acids is 2. The van der Waals surface area contributed by atoms with Gasteiger partial charge in [-0.3, -0.25) is 9.97 Å². The van der Waals surface area contributed by atoms with Crippen molar-refractivity contribution in [3.8, 4) is 0 Å². The van der Waals surface area contributed by atoms with E-state index in [0.717, 1.165) is 92.9 Å². The Hall–Kier alpha value is -6.62. The van der Waals surface area contributed by atoms with Crippen LogP contribution in [0.15, 0.2) is 145 Å². The molecule has 8 aromatic rings. The van der Waals surface area contributed by atoms with Crippen molar-refractivity contribution < 1.29 is 24.5 Å². The zero-order valence-electron chi connectivity index (χ0n) is 35.7. The number of ether oxygens (including phenoxy) is 1. The number of hydrogen-bond acceptors (Lipinski definition) is 5. The monoisotopic (exact) mass is 912 g/mol. The molecule has 4 aromatic heterocycles. The third kappa shape index (κ3) is 10.3. The molecule has 2 aliphatic rings. The number of benzene rings is 4. The Bertz CT molecular complexity index is 3030. The Kier molecular flexibility index (Phi) is 12.7. The van der Waals surface area contributed by atoms with Gasteiger partial charge in [-0.05, 0) is 154 Å². The first-order valence-electron chi connectivity index (χ1n) is 21.8. The fourth-order valence-corrected chi connectivity index (χ4v) is 8.88. The number of rotatable bonds is 15. The molecular weight excluding hydrogens is 865 g/mol. The standard InChI is InChI=1S/C29H28N2O3.C25H21BrN2O2/c1-34-13-3-6-20-4-2-5-22(14-20)19-31-12-11-24-15-21(7-10-28(24)31)16-27-26(29(32)33)17-25(18-30-27)23-8-9-23;26-21-3-1-2-17(11-21)15-28-9-8-19-10-16(4-7-24(19)28)12-23-22(25(29)30)13-20(14-27-23)18-5-6-18/h2-7,10-12,14-15,17-18,23H,8-9,13,16,19H2,1H3,(H,32,33);1-4,7-11,13-14,18H,5-6,12,15H2,(H,29,30)/b6-3+;. The van der Waals surface area contributed by atoms with Crippen LogP contribution in [0.25, 0.3) is 27.9 Å². The summed E-state index contributed by atoms with van der Waals surface area (Å²) in [6.07, 6.45) is 17.5. The predicted molar refractivity (Wildman–Crippen MR) is 256 cm³/mol. The van der Waals surface area contributed by atoms with Gasteiger partial charge in [0.2, 0.25) is 0 Å². The van der Waals surface area contributed by atoms with Crippen molar-refractivity contribution in [2.75, 3.05) is 13.7 Å². The van der Waals surface area contributed by atoms with Crippen LogP contribution in [0, 0.1) is 0 Å². The second-order valence-electron chi connectivity index (χ2n) is 16.9. The minimum absolute atomic E-state index is 0.321. The summed E-state index contributed by atoms with van der Waals surface area (Å²) >= 11 is 3.53. The molecule has 10 heteroatoms. The van der Waals surface area contributed by atoms with Gasteiger partial charge in [0.1, 0.15) is 0 Å². The molecule has 0 bridgehead atoms. The Balaban J connectivity index is 0.000000163. The molecule has 10 rings (SSSR count). The molecule has 0 radical (unpaired) electrons. The molecule has 0 amide bonds. The number of carbonyl (C=O) groups is 2. The Morgan fingerprint density at radius 1 is 0.656 bits per heavy atom. The first-order valence-corrected chi connectivity index (χ1v) is 22.6. The van der Waals surface area contributed by atoms with Crippen LogP contribution in [0.1, 0.15) is 109 Å². The van der Waals surface area contributed by atoms with Gasteiger partial charge in [0.25, 0.3) is 0 Å². The van der Waals surface area contributed by atoms with Gasteiger partial charge in [-0.1, -0.05) is 70.5 Å². The lowest BCUT2D eigenvalue weighted by Crippen LogP contribution is -2.07. The highest BCUT2D eigenvalue weighted by Gasteiger charge is 2.27. The van der Waals surface area contributed by atoms with Crippen molar-refractivity contribution in [1.29, 1.82) is 0 Å². The third-order valence-electron chi connectivity index (χ3n) is 12.1. The van der Waals surface area contributed by atoms with Gasteiger partial charge in [-0.25, -0.2) is 9.59 Å². The summed E-state index contributed by atoms with van der Waals surface area (Å²) in [5.41, 5.74) is 12.0. The SMILES string of the molecule is COC/C=C/c1cccc(Cn2ccc3cc(Cc4ncc(C5CC5)cc4C(=O)O)ccc32)c1.O=C(O)c1cc(C2CC2)cnc1Cc1ccc2c(ccn2Cc2cccc(Br)c2)c1. The van der Waals surface area contributed by atoms with Gasteiger partial charge < -0.3 is 24.1 Å². The van der Waals surface area contributed by atoms with E-state index in [1.165, 1.54) is 11.1 Å². The largest absolute Gasteiger partial charge is 0.478 e. The Morgan fingerprint density at radius 2 is 1.17 bits per heavy atom. The molecule has 0 spiro atoms. The number of hydrogen-bond donors (Lipinski definition) is 2. The van der Waals surface area contributed by atoms with Crippen LogP contribution in [0.4, 0.5) is 0 Å². The number of fused-ring (bicyclic) bond motifs is 2. The van der Waals surface area contributed by atoms with E-state index in [1.54, 1.807) is 7.11 Å². The average molecular weight is 914 g/mol. The molecule has 9 nitrogen and oxygen atoms in total. The number of methoxy groups -OCH3 is 1. The molecule has 322 valence electrons. The van der Waals surface area contributed by atoms with E-state index in [2.05, 4.69) is 138 Å². The van der Waals surface area contributed by atoms with Gasteiger partial charge >= 0.3 is 11.9 Å². The number of nitrogens with zero attached hydrogens (tertiary/aromatic N) is 4. The zero-order chi connectivity index (χ0) is 44.2. The molecule has 0 atom stereocenters. The van der Waals surface area contributed by atoms with E-state index in [-0.39, 0.29) is 0 Å². The molecule has 4 heterocycles. The lowest BCUT2D eigenvalue weighted by Gasteiger charge is -2.09. The molecule has 0 saturated heterocycles. The van der Waals surface area contributed by atoms with Crippen LogP contribution in [-0.4, -0.2) is 55.0 Å². The lowest BCUT2D eigenvalue weighted by atomic mass is 10.0. The normalized spacial score (nSPS) is 13.7. The summed E-state index contributed by atoms with van der Waals surface area (Å²) in [6.45, 7) is 2.18. The van der Waals surface area contributed by atoms with Crippen molar-refractivity contribution in [1.82, 2.24) is 19.1 Å². The molecular formula is C54H49BrN4O5. The summed E-state index contributed by atoms with van der Waals surface area (Å²) in [6, 6.07) is 37.3. The maximum absolute atomic E-state index is 11.8. The summed E-state index contributed by atoms with van der Waals surface area (Å²) < 4.78 is 10.6. The molecule has 4 aromatic carbocycles. The minimum atomic E-state index is -0.906. The van der Waals surface area contributed by atoms with Gasteiger partial charge in [0.05, 0.1) is 29.1 Å². The van der Waals surface area contributed by atoms with E-state index in [4.69, 9.17) is 4.74 Å². The molecule has 2 N–H and O–H groups in total. The molecule has 2 fully saturated rings. The first-order chi connectivity index (χ1) is 31.2.